The second-order valence-corrected chi connectivity index (χ2v) is 3.59. The van der Waals surface area contributed by atoms with Crippen LogP contribution in [-0.2, 0) is 11.7 Å². The minimum Gasteiger partial charge on any atom is -0.255 e. The standard InChI is InChI=1S/C12H9ClNO/c13-11-5-2-6-14-12(11)10-4-1-3-9(7-10)8-15/h1-7H,8H2. The lowest BCUT2D eigenvalue weighted by atomic mass is 10.1. The van der Waals surface area contributed by atoms with E-state index < -0.39 is 0 Å². The molecule has 0 spiro atoms. The first-order valence-corrected chi connectivity index (χ1v) is 4.97. The molecule has 75 valence electrons. The number of pyridine rings is 1. The van der Waals surface area contributed by atoms with Crippen LogP contribution in [-0.4, -0.2) is 4.98 Å². The highest BCUT2D eigenvalue weighted by atomic mass is 35.5. The summed E-state index contributed by atoms with van der Waals surface area (Å²) in [5.41, 5.74) is 2.35. The highest BCUT2D eigenvalue weighted by Crippen LogP contribution is 2.25. The van der Waals surface area contributed by atoms with Crippen LogP contribution in [0.15, 0.2) is 42.6 Å². The third-order valence-corrected chi connectivity index (χ3v) is 2.43. The molecule has 0 atom stereocenters. The summed E-state index contributed by atoms with van der Waals surface area (Å²) in [4.78, 5) is 4.19. The van der Waals surface area contributed by atoms with E-state index in [0.29, 0.717) is 5.02 Å². The fourth-order valence-electron chi connectivity index (χ4n) is 1.41. The van der Waals surface area contributed by atoms with Crippen molar-refractivity contribution in [2.75, 3.05) is 0 Å². The number of benzene rings is 1. The molecule has 1 heterocycles. The van der Waals surface area contributed by atoms with Gasteiger partial charge in [0.2, 0.25) is 0 Å². The van der Waals surface area contributed by atoms with Crippen molar-refractivity contribution in [3.8, 4) is 11.3 Å². The summed E-state index contributed by atoms with van der Waals surface area (Å²) in [6.45, 7) is -0.224. The molecule has 1 aromatic heterocycles. The van der Waals surface area contributed by atoms with Crippen LogP contribution in [0.4, 0.5) is 0 Å². The Morgan fingerprint density at radius 3 is 2.80 bits per heavy atom. The van der Waals surface area contributed by atoms with Gasteiger partial charge in [0.05, 0.1) is 10.7 Å². The van der Waals surface area contributed by atoms with Gasteiger partial charge < -0.3 is 0 Å². The van der Waals surface area contributed by atoms with E-state index >= 15 is 0 Å². The summed E-state index contributed by atoms with van der Waals surface area (Å²) in [7, 11) is 0. The van der Waals surface area contributed by atoms with E-state index in [0.717, 1.165) is 16.8 Å². The van der Waals surface area contributed by atoms with Crippen LogP contribution < -0.4 is 0 Å². The van der Waals surface area contributed by atoms with Gasteiger partial charge in [-0.25, -0.2) is 5.11 Å². The lowest BCUT2D eigenvalue weighted by molar-refractivity contribution is 0.177. The third-order valence-electron chi connectivity index (χ3n) is 2.13. The van der Waals surface area contributed by atoms with Gasteiger partial charge in [-0.05, 0) is 23.8 Å². The Labute approximate surface area is 93.2 Å². The molecule has 0 fully saturated rings. The number of aromatic nitrogens is 1. The van der Waals surface area contributed by atoms with Gasteiger partial charge in [0.15, 0.2) is 0 Å². The molecule has 2 nitrogen and oxygen atoms in total. The Balaban J connectivity index is 2.49. The quantitative estimate of drug-likeness (QED) is 0.761. The minimum atomic E-state index is -0.224. The van der Waals surface area contributed by atoms with Crippen LogP contribution in [0.1, 0.15) is 5.56 Å². The minimum absolute atomic E-state index is 0.224. The molecule has 1 aromatic carbocycles. The van der Waals surface area contributed by atoms with E-state index in [1.807, 2.05) is 18.2 Å². The molecule has 15 heavy (non-hydrogen) atoms. The zero-order valence-corrected chi connectivity index (χ0v) is 8.74. The van der Waals surface area contributed by atoms with Gasteiger partial charge in [0.25, 0.3) is 0 Å². The smallest absolute Gasteiger partial charge is 0.107 e. The summed E-state index contributed by atoms with van der Waals surface area (Å²) >= 11 is 6.01. The summed E-state index contributed by atoms with van der Waals surface area (Å²) in [6, 6.07) is 10.9. The van der Waals surface area contributed by atoms with Crippen molar-refractivity contribution in [3.05, 3.63) is 53.2 Å². The molecule has 1 radical (unpaired) electrons. The van der Waals surface area contributed by atoms with Gasteiger partial charge in [0, 0.05) is 11.8 Å². The molecule has 3 heteroatoms. The second-order valence-electron chi connectivity index (χ2n) is 3.18. The predicted octanol–water partition coefficient (Wildman–Crippen LogP) is 3.33. The van der Waals surface area contributed by atoms with Gasteiger partial charge in [0.1, 0.15) is 6.61 Å². The Bertz CT molecular complexity index is 471. The predicted molar refractivity (Wildman–Crippen MR) is 59.1 cm³/mol. The summed E-state index contributed by atoms with van der Waals surface area (Å²) in [5.74, 6) is 0. The molecule has 2 rings (SSSR count). The van der Waals surface area contributed by atoms with E-state index in [1.165, 1.54) is 0 Å². The molecular formula is C12H9ClNO. The largest absolute Gasteiger partial charge is 0.255 e. The molecule has 0 amide bonds. The molecule has 0 N–H and O–H groups in total. The first-order chi connectivity index (χ1) is 7.31. The zero-order valence-electron chi connectivity index (χ0n) is 7.98. The Morgan fingerprint density at radius 2 is 2.07 bits per heavy atom. The SMILES string of the molecule is [O]Cc1cccc(-c2ncccc2Cl)c1. The van der Waals surface area contributed by atoms with E-state index in [4.69, 9.17) is 11.6 Å². The average molecular weight is 219 g/mol. The van der Waals surface area contributed by atoms with E-state index in [2.05, 4.69) is 4.98 Å². The molecule has 0 aliphatic heterocycles. The fourth-order valence-corrected chi connectivity index (χ4v) is 1.64. The van der Waals surface area contributed by atoms with Crippen LogP contribution in [0.25, 0.3) is 11.3 Å². The van der Waals surface area contributed by atoms with Crippen molar-refractivity contribution in [2.24, 2.45) is 0 Å². The summed E-state index contributed by atoms with van der Waals surface area (Å²) in [6.07, 6.45) is 1.69. The maximum absolute atomic E-state index is 10.7. The van der Waals surface area contributed by atoms with Crippen LogP contribution in [0.3, 0.4) is 0 Å². The number of hydrogen-bond donors (Lipinski definition) is 0. The molecule has 0 unspecified atom stereocenters. The lowest BCUT2D eigenvalue weighted by Crippen LogP contribution is -1.87. The second kappa shape index (κ2) is 4.43. The summed E-state index contributed by atoms with van der Waals surface area (Å²) in [5, 5.41) is 11.3. The fraction of sp³-hybridized carbons (Fsp3) is 0.0833. The Kier molecular flexibility index (Phi) is 2.99. The first-order valence-electron chi connectivity index (χ1n) is 4.59. The van der Waals surface area contributed by atoms with Crippen molar-refractivity contribution in [3.63, 3.8) is 0 Å². The first kappa shape index (κ1) is 10.1. The van der Waals surface area contributed by atoms with Crippen molar-refractivity contribution >= 4 is 11.6 Å². The van der Waals surface area contributed by atoms with E-state index in [-0.39, 0.29) is 6.61 Å². The number of nitrogens with zero attached hydrogens (tertiary/aromatic N) is 1. The molecular weight excluding hydrogens is 210 g/mol. The highest BCUT2D eigenvalue weighted by molar-refractivity contribution is 6.33. The van der Waals surface area contributed by atoms with Gasteiger partial charge in [-0.1, -0.05) is 29.8 Å². The highest BCUT2D eigenvalue weighted by Gasteiger charge is 2.04. The van der Waals surface area contributed by atoms with Crippen LogP contribution >= 0.6 is 11.6 Å². The van der Waals surface area contributed by atoms with Crippen LogP contribution in [0.2, 0.25) is 5.02 Å². The molecule has 0 aliphatic carbocycles. The van der Waals surface area contributed by atoms with Crippen molar-refractivity contribution in [1.82, 2.24) is 4.98 Å². The van der Waals surface area contributed by atoms with Gasteiger partial charge in [-0.2, -0.15) is 0 Å². The van der Waals surface area contributed by atoms with Gasteiger partial charge >= 0.3 is 0 Å². The topological polar surface area (TPSA) is 32.8 Å². The maximum Gasteiger partial charge on any atom is 0.107 e. The van der Waals surface area contributed by atoms with Crippen molar-refractivity contribution in [1.29, 1.82) is 0 Å². The monoisotopic (exact) mass is 218 g/mol. The third kappa shape index (κ3) is 2.17. The van der Waals surface area contributed by atoms with Crippen LogP contribution in [0, 0.1) is 0 Å². The number of hydrogen-bond acceptors (Lipinski definition) is 1. The Morgan fingerprint density at radius 1 is 1.20 bits per heavy atom. The summed E-state index contributed by atoms with van der Waals surface area (Å²) < 4.78 is 0. The molecule has 0 aliphatic rings. The molecule has 0 bridgehead atoms. The maximum atomic E-state index is 10.7. The normalized spacial score (nSPS) is 10.3. The zero-order chi connectivity index (χ0) is 10.7. The van der Waals surface area contributed by atoms with Crippen molar-refractivity contribution in [2.45, 2.75) is 6.61 Å². The van der Waals surface area contributed by atoms with Gasteiger partial charge in [-0.15, -0.1) is 0 Å². The number of halogens is 1. The van der Waals surface area contributed by atoms with E-state index in [9.17, 15) is 5.11 Å². The van der Waals surface area contributed by atoms with Crippen molar-refractivity contribution < 1.29 is 5.11 Å². The lowest BCUT2D eigenvalue weighted by Gasteiger charge is -2.03. The van der Waals surface area contributed by atoms with Gasteiger partial charge in [-0.3, -0.25) is 4.98 Å². The van der Waals surface area contributed by atoms with Crippen LogP contribution in [0.5, 0.6) is 0 Å². The van der Waals surface area contributed by atoms with E-state index in [1.54, 1.807) is 24.4 Å². The average Bonchev–Trinajstić information content (AvgIpc) is 2.30. The number of rotatable bonds is 2. The molecule has 0 saturated heterocycles. The molecule has 0 saturated carbocycles. The molecule has 2 aromatic rings. The Hall–Kier alpha value is -1.38.